The van der Waals surface area contributed by atoms with Gasteiger partial charge in [-0.1, -0.05) is 12.1 Å². The van der Waals surface area contributed by atoms with Gasteiger partial charge in [0.15, 0.2) is 0 Å². The number of carbonyl (C=O) groups excluding carboxylic acids is 1. The molecule has 0 fully saturated rings. The molecule has 0 radical (unpaired) electrons. The first kappa shape index (κ1) is 15.7. The Morgan fingerprint density at radius 1 is 1.43 bits per heavy atom. The largest absolute Gasteiger partial charge is 0.382 e. The molecule has 1 aliphatic heterocycles. The van der Waals surface area contributed by atoms with Crippen molar-refractivity contribution in [3.05, 3.63) is 45.7 Å². The molecule has 2 heterocycles. The molecule has 5 heteroatoms. The van der Waals surface area contributed by atoms with Gasteiger partial charge in [0.25, 0.3) is 5.91 Å². The van der Waals surface area contributed by atoms with Crippen LogP contribution in [0.5, 0.6) is 0 Å². The van der Waals surface area contributed by atoms with Crippen LogP contribution in [-0.2, 0) is 11.2 Å². The van der Waals surface area contributed by atoms with Gasteiger partial charge >= 0.3 is 0 Å². The van der Waals surface area contributed by atoms with Gasteiger partial charge in [-0.3, -0.25) is 9.59 Å². The molecule has 1 aromatic carbocycles. The van der Waals surface area contributed by atoms with Crippen LogP contribution in [0.3, 0.4) is 0 Å². The van der Waals surface area contributed by atoms with Crippen LogP contribution in [0.15, 0.2) is 29.2 Å². The third-order valence-corrected chi connectivity index (χ3v) is 4.33. The molecule has 0 bridgehead atoms. The van der Waals surface area contributed by atoms with E-state index in [4.69, 9.17) is 4.74 Å². The summed E-state index contributed by atoms with van der Waals surface area (Å²) in [6.07, 6.45) is 3.35. The topological polar surface area (TPSA) is 60.3 Å². The maximum Gasteiger partial charge on any atom is 0.256 e. The van der Waals surface area contributed by atoms with Crippen LogP contribution < -0.4 is 10.7 Å². The molecule has 0 spiro atoms. The molecular weight excluding hydrogens is 292 g/mol. The van der Waals surface area contributed by atoms with E-state index in [1.807, 2.05) is 19.1 Å². The number of hydrogen-bond donors (Lipinski definition) is 1. The minimum absolute atomic E-state index is 0.186. The third kappa shape index (κ3) is 2.88. The second-order valence-corrected chi connectivity index (χ2v) is 5.95. The number of rotatable bonds is 6. The maximum absolute atomic E-state index is 12.6. The number of carbonyl (C=O) groups is 1. The van der Waals surface area contributed by atoms with E-state index in [0.717, 1.165) is 18.4 Å². The number of benzene rings is 1. The highest BCUT2D eigenvalue weighted by atomic mass is 16.5. The van der Waals surface area contributed by atoms with Gasteiger partial charge in [-0.25, -0.2) is 0 Å². The lowest BCUT2D eigenvalue weighted by Crippen LogP contribution is -2.31. The molecule has 23 heavy (non-hydrogen) atoms. The quantitative estimate of drug-likeness (QED) is 0.832. The van der Waals surface area contributed by atoms with Gasteiger partial charge in [0.2, 0.25) is 5.43 Å². The van der Waals surface area contributed by atoms with Crippen molar-refractivity contribution < 1.29 is 9.53 Å². The number of nitrogens with one attached hydrogen (secondary N) is 1. The van der Waals surface area contributed by atoms with E-state index in [0.29, 0.717) is 25.1 Å². The minimum atomic E-state index is -0.304. The van der Waals surface area contributed by atoms with E-state index >= 15 is 0 Å². The van der Waals surface area contributed by atoms with Crippen molar-refractivity contribution >= 4 is 16.8 Å². The van der Waals surface area contributed by atoms with Gasteiger partial charge < -0.3 is 14.6 Å². The Morgan fingerprint density at radius 3 is 3.04 bits per heavy atom. The van der Waals surface area contributed by atoms with Crippen molar-refractivity contribution in [1.29, 1.82) is 0 Å². The highest BCUT2D eigenvalue weighted by Crippen LogP contribution is 2.30. The van der Waals surface area contributed by atoms with Crippen LogP contribution >= 0.6 is 0 Å². The molecule has 122 valence electrons. The first-order valence-electron chi connectivity index (χ1n) is 8.16. The summed E-state index contributed by atoms with van der Waals surface area (Å²) in [6, 6.07) is 6.02. The lowest BCUT2D eigenvalue weighted by molar-refractivity contribution is 0.0942. The number of para-hydroxylation sites is 1. The highest BCUT2D eigenvalue weighted by molar-refractivity contribution is 5.98. The number of pyridine rings is 1. The molecule has 2 aromatic rings. The molecule has 0 aliphatic carbocycles. The summed E-state index contributed by atoms with van der Waals surface area (Å²) in [6.45, 7) is 5.83. The second-order valence-electron chi connectivity index (χ2n) is 5.95. The Balaban J connectivity index is 1.87. The molecule has 5 nitrogen and oxygen atoms in total. The van der Waals surface area contributed by atoms with Crippen LogP contribution in [-0.4, -0.2) is 30.2 Å². The Hall–Kier alpha value is -2.14. The zero-order valence-corrected chi connectivity index (χ0v) is 13.6. The smallest absolute Gasteiger partial charge is 0.256 e. The fourth-order valence-corrected chi connectivity index (χ4v) is 3.19. The van der Waals surface area contributed by atoms with Gasteiger partial charge in [0, 0.05) is 37.4 Å². The van der Waals surface area contributed by atoms with Crippen molar-refractivity contribution in [2.75, 3.05) is 19.8 Å². The minimum Gasteiger partial charge on any atom is -0.382 e. The maximum atomic E-state index is 12.6. The van der Waals surface area contributed by atoms with Gasteiger partial charge in [-0.15, -0.1) is 0 Å². The van der Waals surface area contributed by atoms with Gasteiger partial charge in [-0.05, 0) is 38.3 Å². The van der Waals surface area contributed by atoms with E-state index in [9.17, 15) is 9.59 Å². The highest BCUT2D eigenvalue weighted by Gasteiger charge is 2.24. The predicted molar refractivity (Wildman–Crippen MR) is 90.1 cm³/mol. The van der Waals surface area contributed by atoms with Crippen LogP contribution in [0, 0.1) is 0 Å². The average molecular weight is 314 g/mol. The van der Waals surface area contributed by atoms with Crippen molar-refractivity contribution in [1.82, 2.24) is 9.88 Å². The molecule has 0 unspecified atom stereocenters. The van der Waals surface area contributed by atoms with Crippen molar-refractivity contribution in [2.24, 2.45) is 0 Å². The molecule has 0 saturated carbocycles. The van der Waals surface area contributed by atoms with Crippen LogP contribution in [0.4, 0.5) is 0 Å². The van der Waals surface area contributed by atoms with Crippen LogP contribution in [0.2, 0.25) is 0 Å². The Morgan fingerprint density at radius 2 is 2.26 bits per heavy atom. The van der Waals surface area contributed by atoms with E-state index in [1.165, 1.54) is 5.56 Å². The first-order valence-corrected chi connectivity index (χ1v) is 8.16. The van der Waals surface area contributed by atoms with E-state index in [2.05, 4.69) is 22.9 Å². The van der Waals surface area contributed by atoms with Crippen molar-refractivity contribution in [3.8, 4) is 0 Å². The zero-order valence-electron chi connectivity index (χ0n) is 13.6. The fraction of sp³-hybridized carbons (Fsp3) is 0.444. The molecule has 1 amide bonds. The van der Waals surface area contributed by atoms with Gasteiger partial charge in [0.05, 0.1) is 5.52 Å². The van der Waals surface area contributed by atoms with Crippen molar-refractivity contribution in [2.45, 2.75) is 32.7 Å². The second kappa shape index (κ2) is 6.54. The number of amides is 1. The predicted octanol–water partition coefficient (Wildman–Crippen LogP) is 2.28. The summed E-state index contributed by atoms with van der Waals surface area (Å²) in [7, 11) is 0. The fourth-order valence-electron chi connectivity index (χ4n) is 3.19. The summed E-state index contributed by atoms with van der Waals surface area (Å²) in [4.78, 5) is 25.0. The van der Waals surface area contributed by atoms with E-state index in [1.54, 1.807) is 6.20 Å². The molecule has 1 N–H and O–H groups in total. The van der Waals surface area contributed by atoms with Crippen LogP contribution in [0.25, 0.3) is 10.9 Å². The molecular formula is C18H22N2O3. The molecule has 1 atom stereocenters. The molecule has 1 aliphatic rings. The van der Waals surface area contributed by atoms with E-state index in [-0.39, 0.29) is 22.9 Å². The number of nitrogens with zero attached hydrogens (tertiary/aromatic N) is 1. The van der Waals surface area contributed by atoms with Gasteiger partial charge in [-0.2, -0.15) is 0 Å². The first-order chi connectivity index (χ1) is 11.1. The number of aromatic nitrogens is 1. The number of hydrogen-bond acceptors (Lipinski definition) is 3. The van der Waals surface area contributed by atoms with Gasteiger partial charge in [0.1, 0.15) is 5.56 Å². The lowest BCUT2D eigenvalue weighted by atomic mass is 10.1. The SMILES string of the molecule is CCOCCCNC(=O)c1cn2c3c(cccc3c1=O)C[C@H]2C. The third-order valence-electron chi connectivity index (χ3n) is 4.33. The Bertz CT molecular complexity index is 795. The normalized spacial score (nSPS) is 16.0. The summed E-state index contributed by atoms with van der Waals surface area (Å²) in [5.74, 6) is -0.304. The summed E-state index contributed by atoms with van der Waals surface area (Å²) < 4.78 is 7.30. The molecule has 0 saturated heterocycles. The molecule has 3 rings (SSSR count). The van der Waals surface area contributed by atoms with E-state index < -0.39 is 0 Å². The van der Waals surface area contributed by atoms with Crippen molar-refractivity contribution in [3.63, 3.8) is 0 Å². The summed E-state index contributed by atoms with van der Waals surface area (Å²) in [5, 5.41) is 3.45. The summed E-state index contributed by atoms with van der Waals surface area (Å²) in [5.41, 5.74) is 2.18. The lowest BCUT2D eigenvalue weighted by Gasteiger charge is -2.12. The number of ether oxygens (including phenoxy) is 1. The Labute approximate surface area is 135 Å². The monoisotopic (exact) mass is 314 g/mol. The standard InChI is InChI=1S/C18H22N2O3/c1-3-23-9-5-8-19-18(22)15-11-20-12(2)10-13-6-4-7-14(16(13)20)17(15)21/h4,6-7,11-12H,3,5,8-10H2,1-2H3,(H,19,22)/t12-/m1/s1. The molecule has 1 aromatic heterocycles. The average Bonchev–Trinajstić information content (AvgIpc) is 2.87. The zero-order chi connectivity index (χ0) is 16.4. The van der Waals surface area contributed by atoms with Crippen LogP contribution in [0.1, 0.15) is 42.2 Å². The Kier molecular flexibility index (Phi) is 4.48. The summed E-state index contributed by atoms with van der Waals surface area (Å²) >= 11 is 0.